The second-order valence-electron chi connectivity index (χ2n) is 6.90. The van der Waals surface area contributed by atoms with Crippen LogP contribution in [0, 0.1) is 5.92 Å². The van der Waals surface area contributed by atoms with Crippen LogP contribution in [-0.4, -0.2) is 61.4 Å². The lowest BCUT2D eigenvalue weighted by Crippen LogP contribution is -2.45. The van der Waals surface area contributed by atoms with E-state index in [-0.39, 0.29) is 17.7 Å². The first-order valence-electron chi connectivity index (χ1n) is 8.94. The molecule has 1 N–H and O–H groups in total. The molecule has 0 bridgehead atoms. The largest absolute Gasteiger partial charge is 0.359 e. The van der Waals surface area contributed by atoms with Crippen molar-refractivity contribution in [3.8, 4) is 0 Å². The maximum atomic E-state index is 12.5. The minimum Gasteiger partial charge on any atom is -0.359 e. The molecular formula is C19H27N3O2. The predicted molar refractivity (Wildman–Crippen MR) is 93.6 cm³/mol. The zero-order valence-electron chi connectivity index (χ0n) is 14.4. The third-order valence-corrected chi connectivity index (χ3v) is 5.37. The number of piperidine rings is 1. The van der Waals surface area contributed by atoms with Crippen molar-refractivity contribution in [3.05, 3.63) is 35.9 Å². The molecule has 5 nitrogen and oxygen atoms in total. The lowest BCUT2D eigenvalue weighted by Gasteiger charge is -2.32. The third kappa shape index (κ3) is 3.96. The molecule has 130 valence electrons. The quantitative estimate of drug-likeness (QED) is 0.910. The Morgan fingerprint density at radius 1 is 1.08 bits per heavy atom. The summed E-state index contributed by atoms with van der Waals surface area (Å²) < 4.78 is 0. The molecule has 2 aliphatic heterocycles. The third-order valence-electron chi connectivity index (χ3n) is 5.37. The maximum absolute atomic E-state index is 12.5. The Morgan fingerprint density at radius 2 is 1.79 bits per heavy atom. The summed E-state index contributed by atoms with van der Waals surface area (Å²) in [5.74, 6) is 0.915. The Bertz CT molecular complexity index is 567. The zero-order chi connectivity index (χ0) is 16.9. The summed E-state index contributed by atoms with van der Waals surface area (Å²) in [5, 5.41) is 2.71. The molecule has 5 heteroatoms. The van der Waals surface area contributed by atoms with Crippen LogP contribution < -0.4 is 5.32 Å². The minimum absolute atomic E-state index is 0.0632. The molecule has 24 heavy (non-hydrogen) atoms. The lowest BCUT2D eigenvalue weighted by atomic mass is 9.96. The molecule has 0 aliphatic carbocycles. The van der Waals surface area contributed by atoms with Crippen LogP contribution in [0.25, 0.3) is 0 Å². The van der Waals surface area contributed by atoms with Gasteiger partial charge in [0, 0.05) is 32.6 Å². The summed E-state index contributed by atoms with van der Waals surface area (Å²) in [6.07, 6.45) is 2.67. The summed E-state index contributed by atoms with van der Waals surface area (Å²) in [6.45, 7) is 3.86. The van der Waals surface area contributed by atoms with Crippen molar-refractivity contribution in [1.29, 1.82) is 0 Å². The Kier molecular flexibility index (Phi) is 5.51. The first kappa shape index (κ1) is 17.0. The number of likely N-dealkylation sites (tertiary alicyclic amines) is 2. The van der Waals surface area contributed by atoms with Gasteiger partial charge in [-0.1, -0.05) is 30.3 Å². The highest BCUT2D eigenvalue weighted by atomic mass is 16.2. The van der Waals surface area contributed by atoms with Crippen LogP contribution in [0.3, 0.4) is 0 Å². The van der Waals surface area contributed by atoms with E-state index < -0.39 is 0 Å². The molecule has 0 radical (unpaired) electrons. The van der Waals surface area contributed by atoms with Gasteiger partial charge in [-0.05, 0) is 37.3 Å². The number of hydrogen-bond donors (Lipinski definition) is 1. The maximum Gasteiger partial charge on any atom is 0.236 e. The molecule has 1 atom stereocenters. The van der Waals surface area contributed by atoms with Crippen LogP contribution in [-0.2, 0) is 9.59 Å². The normalized spacial score (nSPS) is 22.5. The number of nitrogens with zero attached hydrogens (tertiary/aromatic N) is 2. The van der Waals surface area contributed by atoms with Crippen molar-refractivity contribution in [2.45, 2.75) is 25.2 Å². The van der Waals surface area contributed by atoms with Crippen molar-refractivity contribution < 1.29 is 9.59 Å². The van der Waals surface area contributed by atoms with Crippen molar-refractivity contribution in [2.24, 2.45) is 5.92 Å². The first-order chi connectivity index (χ1) is 11.7. The summed E-state index contributed by atoms with van der Waals surface area (Å²) in [6, 6.07) is 10.6. The van der Waals surface area contributed by atoms with Crippen molar-refractivity contribution in [1.82, 2.24) is 15.1 Å². The van der Waals surface area contributed by atoms with E-state index in [1.165, 1.54) is 5.56 Å². The van der Waals surface area contributed by atoms with E-state index in [4.69, 9.17) is 0 Å². The van der Waals surface area contributed by atoms with Gasteiger partial charge in [0.05, 0.1) is 6.54 Å². The van der Waals surface area contributed by atoms with Gasteiger partial charge in [-0.2, -0.15) is 0 Å². The Hall–Kier alpha value is -1.88. The molecule has 0 saturated carbocycles. The average molecular weight is 329 g/mol. The van der Waals surface area contributed by atoms with Gasteiger partial charge in [0.25, 0.3) is 0 Å². The van der Waals surface area contributed by atoms with Crippen molar-refractivity contribution in [3.63, 3.8) is 0 Å². The van der Waals surface area contributed by atoms with Gasteiger partial charge in [-0.15, -0.1) is 0 Å². The fourth-order valence-corrected chi connectivity index (χ4v) is 3.86. The van der Waals surface area contributed by atoms with Gasteiger partial charge in [-0.25, -0.2) is 0 Å². The van der Waals surface area contributed by atoms with Crippen molar-refractivity contribution >= 4 is 11.8 Å². The van der Waals surface area contributed by atoms with Gasteiger partial charge < -0.3 is 10.2 Å². The highest BCUT2D eigenvalue weighted by Crippen LogP contribution is 2.27. The van der Waals surface area contributed by atoms with Crippen LogP contribution in [0.15, 0.2) is 30.3 Å². The van der Waals surface area contributed by atoms with E-state index >= 15 is 0 Å². The number of carbonyl (C=O) groups excluding carboxylic acids is 2. The molecule has 1 aromatic rings. The molecule has 2 amide bonds. The monoisotopic (exact) mass is 329 g/mol. The number of hydrogen-bond acceptors (Lipinski definition) is 3. The molecule has 2 fully saturated rings. The molecule has 2 heterocycles. The molecule has 0 unspecified atom stereocenters. The van der Waals surface area contributed by atoms with Gasteiger partial charge >= 0.3 is 0 Å². The van der Waals surface area contributed by atoms with Crippen LogP contribution in [0.2, 0.25) is 0 Å². The molecular weight excluding hydrogens is 302 g/mol. The zero-order valence-corrected chi connectivity index (χ0v) is 14.4. The predicted octanol–water partition coefficient (Wildman–Crippen LogP) is 1.46. The summed E-state index contributed by atoms with van der Waals surface area (Å²) >= 11 is 0. The topological polar surface area (TPSA) is 52.7 Å². The second-order valence-corrected chi connectivity index (χ2v) is 6.90. The average Bonchev–Trinajstić information content (AvgIpc) is 3.10. The summed E-state index contributed by atoms with van der Waals surface area (Å²) in [5.41, 5.74) is 1.37. The first-order valence-corrected chi connectivity index (χ1v) is 8.94. The van der Waals surface area contributed by atoms with Crippen LogP contribution >= 0.6 is 0 Å². The number of nitrogens with one attached hydrogen (secondary N) is 1. The number of benzene rings is 1. The smallest absolute Gasteiger partial charge is 0.236 e. The van der Waals surface area contributed by atoms with Crippen molar-refractivity contribution in [2.75, 3.05) is 39.8 Å². The molecule has 0 spiro atoms. The van der Waals surface area contributed by atoms with Gasteiger partial charge in [0.2, 0.25) is 11.8 Å². The SMILES string of the molecule is CNC(=O)C1CCN(C(=O)CN2CC[C@H](c3ccccc3)C2)CC1. The van der Waals surface area contributed by atoms with Crippen LogP contribution in [0.5, 0.6) is 0 Å². The lowest BCUT2D eigenvalue weighted by molar-refractivity contribution is -0.136. The molecule has 2 saturated heterocycles. The van der Waals surface area contributed by atoms with E-state index in [1.54, 1.807) is 7.05 Å². The molecule has 3 rings (SSSR count). The Morgan fingerprint density at radius 3 is 2.46 bits per heavy atom. The van der Waals surface area contributed by atoms with E-state index in [2.05, 4.69) is 34.5 Å². The van der Waals surface area contributed by atoms with Gasteiger partial charge in [0.15, 0.2) is 0 Å². The standard InChI is InChI=1S/C19H27N3O2/c1-20-19(24)16-8-11-22(12-9-16)18(23)14-21-10-7-17(13-21)15-5-3-2-4-6-15/h2-6,16-17H,7-14H2,1H3,(H,20,24)/t17-/m0/s1. The highest BCUT2D eigenvalue weighted by molar-refractivity contribution is 5.80. The van der Waals surface area contributed by atoms with Gasteiger partial charge in [-0.3, -0.25) is 14.5 Å². The fraction of sp³-hybridized carbons (Fsp3) is 0.579. The molecule has 2 aliphatic rings. The van der Waals surface area contributed by atoms with Crippen LogP contribution in [0.4, 0.5) is 0 Å². The van der Waals surface area contributed by atoms with E-state index in [1.807, 2.05) is 11.0 Å². The summed E-state index contributed by atoms with van der Waals surface area (Å²) in [7, 11) is 1.68. The van der Waals surface area contributed by atoms with Crippen LogP contribution in [0.1, 0.15) is 30.7 Å². The number of carbonyl (C=O) groups is 2. The Balaban J connectivity index is 1.46. The highest BCUT2D eigenvalue weighted by Gasteiger charge is 2.30. The summed E-state index contributed by atoms with van der Waals surface area (Å²) in [4.78, 5) is 28.4. The van der Waals surface area contributed by atoms with Gasteiger partial charge in [0.1, 0.15) is 0 Å². The van der Waals surface area contributed by atoms with E-state index in [9.17, 15) is 9.59 Å². The van der Waals surface area contributed by atoms with E-state index in [0.29, 0.717) is 25.6 Å². The number of amides is 2. The molecule has 0 aromatic heterocycles. The van der Waals surface area contributed by atoms with E-state index in [0.717, 1.165) is 32.4 Å². The Labute approximate surface area is 144 Å². The fourth-order valence-electron chi connectivity index (χ4n) is 3.86. The number of rotatable bonds is 4. The molecule has 1 aromatic carbocycles. The second kappa shape index (κ2) is 7.79. The minimum atomic E-state index is 0.0632.